The number of methoxy groups -OCH3 is 2. The highest BCUT2D eigenvalue weighted by Crippen LogP contribution is 2.31. The number of carbonyl (C=O) groups excluding carboxylic acids is 1. The summed E-state index contributed by atoms with van der Waals surface area (Å²) >= 11 is 0. The smallest absolute Gasteiger partial charge is 0.251 e. The number of aromatic nitrogens is 1. The Kier molecular flexibility index (Phi) is 7.63. The maximum Gasteiger partial charge on any atom is 0.251 e. The van der Waals surface area contributed by atoms with Gasteiger partial charge >= 0.3 is 0 Å². The van der Waals surface area contributed by atoms with Gasteiger partial charge in [0.2, 0.25) is 15.9 Å². The number of rotatable bonds is 9. The SMILES string of the molecule is CCN(CC)S(=O)(=O)c1ccc(=O)n(CC(=O)N(C)c2ccc(OC)c(OC)c2)c1. The number of anilines is 1. The van der Waals surface area contributed by atoms with Gasteiger partial charge in [-0.25, -0.2) is 8.42 Å². The van der Waals surface area contributed by atoms with Crippen LogP contribution >= 0.6 is 0 Å². The number of benzene rings is 1. The van der Waals surface area contributed by atoms with Crippen molar-refractivity contribution in [1.82, 2.24) is 8.87 Å². The Morgan fingerprint density at radius 1 is 1.03 bits per heavy atom. The number of pyridine rings is 1. The highest BCUT2D eigenvalue weighted by Gasteiger charge is 2.23. The van der Waals surface area contributed by atoms with Crippen molar-refractivity contribution in [3.05, 3.63) is 46.9 Å². The predicted molar refractivity (Wildman–Crippen MR) is 114 cm³/mol. The van der Waals surface area contributed by atoms with E-state index in [9.17, 15) is 18.0 Å². The number of amides is 1. The number of hydrogen-bond donors (Lipinski definition) is 0. The first-order chi connectivity index (χ1) is 14.2. The summed E-state index contributed by atoms with van der Waals surface area (Å²) in [5, 5.41) is 0. The van der Waals surface area contributed by atoms with Crippen molar-refractivity contribution in [2.45, 2.75) is 25.3 Å². The van der Waals surface area contributed by atoms with Gasteiger partial charge in [0, 0.05) is 44.2 Å². The molecule has 0 radical (unpaired) electrons. The minimum Gasteiger partial charge on any atom is -0.493 e. The topological polar surface area (TPSA) is 98.2 Å². The lowest BCUT2D eigenvalue weighted by molar-refractivity contribution is -0.118. The summed E-state index contributed by atoms with van der Waals surface area (Å²) in [4.78, 5) is 26.3. The standard InChI is InChI=1S/C20H27N3O6S/c1-6-23(7-2)30(26,27)16-9-11-19(24)22(13-16)14-20(25)21(3)15-8-10-17(28-4)18(12-15)29-5/h8-13H,6-7,14H2,1-5H3. The lowest BCUT2D eigenvalue weighted by Gasteiger charge is -2.21. The third-order valence-electron chi connectivity index (χ3n) is 4.73. The molecule has 1 aromatic carbocycles. The maximum absolute atomic E-state index is 12.8. The quantitative estimate of drug-likeness (QED) is 0.591. The Morgan fingerprint density at radius 3 is 2.23 bits per heavy atom. The fourth-order valence-corrected chi connectivity index (χ4v) is 4.41. The second-order valence-corrected chi connectivity index (χ2v) is 8.35. The summed E-state index contributed by atoms with van der Waals surface area (Å²) in [5.41, 5.74) is 0.0696. The first-order valence-corrected chi connectivity index (χ1v) is 10.8. The van der Waals surface area contributed by atoms with E-state index in [0.717, 1.165) is 10.6 Å². The molecule has 0 unspecified atom stereocenters. The molecule has 164 valence electrons. The van der Waals surface area contributed by atoms with Gasteiger partial charge in [0.05, 0.1) is 19.1 Å². The second kappa shape index (κ2) is 9.77. The molecule has 0 aliphatic heterocycles. The van der Waals surface area contributed by atoms with Crippen LogP contribution in [-0.2, 0) is 21.4 Å². The molecule has 0 aliphatic carbocycles. The summed E-state index contributed by atoms with van der Waals surface area (Å²) in [6.45, 7) is 3.76. The maximum atomic E-state index is 12.8. The Bertz CT molecular complexity index is 1060. The Labute approximate surface area is 176 Å². The molecule has 1 heterocycles. The van der Waals surface area contributed by atoms with Crippen LogP contribution in [-0.4, -0.2) is 57.6 Å². The van der Waals surface area contributed by atoms with E-state index in [-0.39, 0.29) is 11.4 Å². The van der Waals surface area contributed by atoms with Crippen molar-refractivity contribution in [1.29, 1.82) is 0 Å². The highest BCUT2D eigenvalue weighted by atomic mass is 32.2. The van der Waals surface area contributed by atoms with Gasteiger partial charge in [-0.05, 0) is 18.2 Å². The zero-order chi connectivity index (χ0) is 22.5. The molecule has 0 bridgehead atoms. The number of likely N-dealkylation sites (N-methyl/N-ethyl adjacent to an activating group) is 1. The third kappa shape index (κ3) is 4.82. The summed E-state index contributed by atoms with van der Waals surface area (Å²) in [6.07, 6.45) is 1.20. The van der Waals surface area contributed by atoms with Crippen molar-refractivity contribution in [2.24, 2.45) is 0 Å². The van der Waals surface area contributed by atoms with Gasteiger partial charge in [0.15, 0.2) is 11.5 Å². The van der Waals surface area contributed by atoms with Gasteiger partial charge in [-0.2, -0.15) is 4.31 Å². The summed E-state index contributed by atoms with van der Waals surface area (Å²) in [6, 6.07) is 7.40. The van der Waals surface area contributed by atoms with E-state index in [2.05, 4.69) is 0 Å². The second-order valence-electron chi connectivity index (χ2n) is 6.41. The van der Waals surface area contributed by atoms with Crippen LogP contribution in [0, 0.1) is 0 Å². The van der Waals surface area contributed by atoms with Crippen LogP contribution < -0.4 is 19.9 Å². The van der Waals surface area contributed by atoms with Crippen molar-refractivity contribution in [3.8, 4) is 11.5 Å². The first kappa shape index (κ1) is 23.4. The van der Waals surface area contributed by atoms with Gasteiger partial charge in [-0.3, -0.25) is 9.59 Å². The molecular formula is C20H27N3O6S. The zero-order valence-electron chi connectivity index (χ0n) is 17.8. The molecule has 0 saturated carbocycles. The van der Waals surface area contributed by atoms with Crippen LogP contribution in [0.3, 0.4) is 0 Å². The fraction of sp³-hybridized carbons (Fsp3) is 0.400. The van der Waals surface area contributed by atoms with Gasteiger partial charge in [-0.15, -0.1) is 0 Å². The molecule has 2 rings (SSSR count). The average Bonchev–Trinajstić information content (AvgIpc) is 2.74. The van der Waals surface area contributed by atoms with Crippen LogP contribution in [0.15, 0.2) is 46.2 Å². The number of hydrogen-bond acceptors (Lipinski definition) is 6. The van der Waals surface area contributed by atoms with E-state index in [0.29, 0.717) is 30.3 Å². The van der Waals surface area contributed by atoms with Gasteiger partial charge < -0.3 is 18.9 Å². The molecule has 0 saturated heterocycles. The monoisotopic (exact) mass is 437 g/mol. The van der Waals surface area contributed by atoms with Crippen LogP contribution in [0.25, 0.3) is 0 Å². The molecule has 1 amide bonds. The lowest BCUT2D eigenvalue weighted by Crippen LogP contribution is -2.35. The highest BCUT2D eigenvalue weighted by molar-refractivity contribution is 7.89. The van der Waals surface area contributed by atoms with Crippen LogP contribution in [0.5, 0.6) is 11.5 Å². The van der Waals surface area contributed by atoms with Crippen molar-refractivity contribution < 1.29 is 22.7 Å². The van der Waals surface area contributed by atoms with E-state index in [4.69, 9.17) is 9.47 Å². The van der Waals surface area contributed by atoms with E-state index in [1.807, 2.05) is 0 Å². The van der Waals surface area contributed by atoms with Crippen LogP contribution in [0.4, 0.5) is 5.69 Å². The van der Waals surface area contributed by atoms with Crippen molar-refractivity contribution in [2.75, 3.05) is 39.3 Å². The number of carbonyl (C=O) groups is 1. The molecule has 2 aromatic rings. The first-order valence-electron chi connectivity index (χ1n) is 9.38. The minimum absolute atomic E-state index is 0.0348. The molecule has 10 heteroatoms. The fourth-order valence-electron chi connectivity index (χ4n) is 2.93. The largest absolute Gasteiger partial charge is 0.493 e. The van der Waals surface area contributed by atoms with E-state index in [1.54, 1.807) is 39.1 Å². The molecule has 30 heavy (non-hydrogen) atoms. The molecule has 0 fully saturated rings. The molecule has 9 nitrogen and oxygen atoms in total. The van der Waals surface area contributed by atoms with E-state index in [1.165, 1.54) is 35.7 Å². The number of sulfonamides is 1. The van der Waals surface area contributed by atoms with Crippen molar-refractivity contribution >= 4 is 21.6 Å². The Balaban J connectivity index is 2.32. The van der Waals surface area contributed by atoms with Crippen LogP contribution in [0.1, 0.15) is 13.8 Å². The van der Waals surface area contributed by atoms with E-state index < -0.39 is 21.5 Å². The van der Waals surface area contributed by atoms with Gasteiger partial charge in [0.25, 0.3) is 5.56 Å². The molecule has 0 atom stereocenters. The van der Waals surface area contributed by atoms with Crippen molar-refractivity contribution in [3.63, 3.8) is 0 Å². The summed E-state index contributed by atoms with van der Waals surface area (Å²) < 4.78 is 38.3. The summed E-state index contributed by atoms with van der Waals surface area (Å²) in [7, 11) is 0.816. The molecule has 0 spiro atoms. The normalized spacial score (nSPS) is 11.4. The van der Waals surface area contributed by atoms with E-state index >= 15 is 0 Å². The average molecular weight is 438 g/mol. The molecular weight excluding hydrogens is 410 g/mol. The lowest BCUT2D eigenvalue weighted by atomic mass is 10.2. The summed E-state index contributed by atoms with van der Waals surface area (Å²) in [5.74, 6) is 0.577. The molecule has 0 aliphatic rings. The van der Waals surface area contributed by atoms with Gasteiger partial charge in [0.1, 0.15) is 6.54 Å². The minimum atomic E-state index is -3.75. The van der Waals surface area contributed by atoms with Gasteiger partial charge in [-0.1, -0.05) is 13.8 Å². The predicted octanol–water partition coefficient (Wildman–Crippen LogP) is 1.56. The zero-order valence-corrected chi connectivity index (χ0v) is 18.6. The number of nitrogens with zero attached hydrogens (tertiary/aromatic N) is 3. The van der Waals surface area contributed by atoms with Crippen LogP contribution in [0.2, 0.25) is 0 Å². The Morgan fingerprint density at radius 2 is 1.67 bits per heavy atom. The molecule has 0 N–H and O–H groups in total. The Hall–Kier alpha value is -2.85. The third-order valence-corrected chi connectivity index (χ3v) is 6.77. The number of ether oxygens (including phenoxy) is 2. The molecule has 1 aromatic heterocycles.